The smallest absolute Gasteiger partial charge is 0.292 e. The van der Waals surface area contributed by atoms with Crippen LogP contribution in [0.3, 0.4) is 0 Å². The Kier molecular flexibility index (Phi) is 6.45. The van der Waals surface area contributed by atoms with Crippen molar-refractivity contribution in [3.63, 3.8) is 0 Å². The number of nitro groups is 1. The van der Waals surface area contributed by atoms with Crippen LogP contribution in [0.25, 0.3) is 0 Å². The van der Waals surface area contributed by atoms with Crippen molar-refractivity contribution >= 4 is 11.4 Å². The standard InChI is InChI=1S/C15H25N3O2/c1-5-9-16-14-8-7-13(10-15(14)18(19)20)11-17(6-2)12(3)4/h7-8,10,12,16H,5-6,9,11H2,1-4H3. The van der Waals surface area contributed by atoms with Crippen molar-refractivity contribution in [1.29, 1.82) is 0 Å². The van der Waals surface area contributed by atoms with Crippen LogP contribution in [0.5, 0.6) is 0 Å². The van der Waals surface area contributed by atoms with E-state index in [1.165, 1.54) is 0 Å². The molecule has 5 nitrogen and oxygen atoms in total. The maximum atomic E-state index is 11.2. The van der Waals surface area contributed by atoms with Crippen molar-refractivity contribution in [3.8, 4) is 0 Å². The molecule has 20 heavy (non-hydrogen) atoms. The van der Waals surface area contributed by atoms with Gasteiger partial charge < -0.3 is 5.32 Å². The number of hydrogen-bond donors (Lipinski definition) is 1. The molecular weight excluding hydrogens is 254 g/mol. The number of anilines is 1. The molecule has 0 aromatic heterocycles. The molecule has 0 amide bonds. The third-order valence-corrected chi connectivity index (χ3v) is 3.35. The summed E-state index contributed by atoms with van der Waals surface area (Å²) in [6, 6.07) is 5.90. The lowest BCUT2D eigenvalue weighted by molar-refractivity contribution is -0.384. The first kappa shape index (κ1) is 16.4. The lowest BCUT2D eigenvalue weighted by Gasteiger charge is -2.24. The van der Waals surface area contributed by atoms with E-state index >= 15 is 0 Å². The lowest BCUT2D eigenvalue weighted by Crippen LogP contribution is -2.29. The normalized spacial score (nSPS) is 11.1. The fourth-order valence-electron chi connectivity index (χ4n) is 2.13. The Morgan fingerprint density at radius 1 is 1.35 bits per heavy atom. The third-order valence-electron chi connectivity index (χ3n) is 3.35. The van der Waals surface area contributed by atoms with Crippen LogP contribution in [0, 0.1) is 10.1 Å². The van der Waals surface area contributed by atoms with Gasteiger partial charge in [0.25, 0.3) is 5.69 Å². The Labute approximate surface area is 121 Å². The van der Waals surface area contributed by atoms with E-state index in [-0.39, 0.29) is 10.6 Å². The van der Waals surface area contributed by atoms with Gasteiger partial charge in [-0.15, -0.1) is 0 Å². The highest BCUT2D eigenvalue weighted by atomic mass is 16.6. The minimum absolute atomic E-state index is 0.163. The van der Waals surface area contributed by atoms with Crippen molar-refractivity contribution < 1.29 is 4.92 Å². The van der Waals surface area contributed by atoms with Crippen LogP contribution in [0.1, 0.15) is 39.7 Å². The molecule has 0 unspecified atom stereocenters. The van der Waals surface area contributed by atoms with Crippen LogP contribution >= 0.6 is 0 Å². The molecule has 0 saturated carbocycles. The average Bonchev–Trinajstić information content (AvgIpc) is 2.42. The van der Waals surface area contributed by atoms with E-state index in [1.54, 1.807) is 6.07 Å². The molecule has 0 atom stereocenters. The second kappa shape index (κ2) is 7.85. The summed E-state index contributed by atoms with van der Waals surface area (Å²) in [6.07, 6.45) is 0.940. The van der Waals surface area contributed by atoms with Crippen LogP contribution < -0.4 is 5.32 Å². The molecular formula is C15H25N3O2. The summed E-state index contributed by atoms with van der Waals surface area (Å²) in [6.45, 7) is 10.8. The van der Waals surface area contributed by atoms with Gasteiger partial charge >= 0.3 is 0 Å². The van der Waals surface area contributed by atoms with Crippen molar-refractivity contribution in [2.24, 2.45) is 0 Å². The zero-order chi connectivity index (χ0) is 15.1. The van der Waals surface area contributed by atoms with Crippen molar-refractivity contribution in [1.82, 2.24) is 4.90 Å². The third kappa shape index (κ3) is 4.49. The summed E-state index contributed by atoms with van der Waals surface area (Å²) in [7, 11) is 0. The SMILES string of the molecule is CCCNc1ccc(CN(CC)C(C)C)cc1[N+](=O)[O-]. The Morgan fingerprint density at radius 2 is 2.05 bits per heavy atom. The average molecular weight is 279 g/mol. The molecule has 0 radical (unpaired) electrons. The molecule has 1 aromatic carbocycles. The van der Waals surface area contributed by atoms with Gasteiger partial charge in [0.05, 0.1) is 4.92 Å². The van der Waals surface area contributed by atoms with Gasteiger partial charge in [-0.3, -0.25) is 15.0 Å². The number of hydrogen-bond acceptors (Lipinski definition) is 4. The fourth-order valence-corrected chi connectivity index (χ4v) is 2.13. The topological polar surface area (TPSA) is 58.4 Å². The molecule has 1 rings (SSSR count). The zero-order valence-electron chi connectivity index (χ0n) is 12.8. The molecule has 0 aliphatic heterocycles. The first-order valence-corrected chi connectivity index (χ1v) is 7.24. The van der Waals surface area contributed by atoms with E-state index < -0.39 is 0 Å². The zero-order valence-corrected chi connectivity index (χ0v) is 12.8. The number of nitrogens with one attached hydrogen (secondary N) is 1. The highest BCUT2D eigenvalue weighted by molar-refractivity contribution is 5.62. The molecule has 0 bridgehead atoms. The van der Waals surface area contributed by atoms with Gasteiger partial charge in [-0.25, -0.2) is 0 Å². The second-order valence-electron chi connectivity index (χ2n) is 5.19. The summed E-state index contributed by atoms with van der Waals surface area (Å²) in [4.78, 5) is 13.1. The van der Waals surface area contributed by atoms with Crippen LogP contribution in [0.4, 0.5) is 11.4 Å². The van der Waals surface area contributed by atoms with E-state index in [2.05, 4.69) is 31.0 Å². The highest BCUT2D eigenvalue weighted by Crippen LogP contribution is 2.26. The van der Waals surface area contributed by atoms with E-state index in [9.17, 15) is 10.1 Å². The maximum absolute atomic E-state index is 11.2. The van der Waals surface area contributed by atoms with E-state index in [4.69, 9.17) is 0 Å². The summed E-state index contributed by atoms with van der Waals surface area (Å²) >= 11 is 0. The Morgan fingerprint density at radius 3 is 2.55 bits per heavy atom. The summed E-state index contributed by atoms with van der Waals surface area (Å²) in [5.74, 6) is 0. The van der Waals surface area contributed by atoms with Crippen molar-refractivity contribution in [3.05, 3.63) is 33.9 Å². The van der Waals surface area contributed by atoms with Crippen molar-refractivity contribution in [2.45, 2.75) is 46.7 Å². The van der Waals surface area contributed by atoms with Crippen LogP contribution in [0.2, 0.25) is 0 Å². The fraction of sp³-hybridized carbons (Fsp3) is 0.600. The molecule has 0 spiro atoms. The monoisotopic (exact) mass is 279 g/mol. The number of nitrogens with zero attached hydrogens (tertiary/aromatic N) is 2. The first-order valence-electron chi connectivity index (χ1n) is 7.24. The molecule has 0 fully saturated rings. The predicted molar refractivity (Wildman–Crippen MR) is 83.1 cm³/mol. The Hall–Kier alpha value is -1.62. The highest BCUT2D eigenvalue weighted by Gasteiger charge is 2.16. The Balaban J connectivity index is 2.94. The van der Waals surface area contributed by atoms with Gasteiger partial charge in [-0.05, 0) is 38.4 Å². The second-order valence-corrected chi connectivity index (χ2v) is 5.19. The van der Waals surface area contributed by atoms with Gasteiger partial charge in [0, 0.05) is 25.2 Å². The van der Waals surface area contributed by atoms with E-state index in [1.807, 2.05) is 19.1 Å². The lowest BCUT2D eigenvalue weighted by atomic mass is 10.1. The first-order chi connectivity index (χ1) is 9.49. The van der Waals surface area contributed by atoms with E-state index in [0.29, 0.717) is 11.7 Å². The number of benzene rings is 1. The summed E-state index contributed by atoms with van der Waals surface area (Å²) < 4.78 is 0. The van der Waals surface area contributed by atoms with Gasteiger partial charge in [0.2, 0.25) is 0 Å². The summed E-state index contributed by atoms with van der Waals surface area (Å²) in [5.41, 5.74) is 1.75. The predicted octanol–water partition coefficient (Wildman–Crippen LogP) is 3.65. The number of nitro benzene ring substituents is 1. The van der Waals surface area contributed by atoms with Gasteiger partial charge in [0.1, 0.15) is 5.69 Å². The molecule has 0 saturated heterocycles. The van der Waals surface area contributed by atoms with Crippen LogP contribution in [0.15, 0.2) is 18.2 Å². The molecule has 0 aliphatic carbocycles. The van der Waals surface area contributed by atoms with E-state index in [0.717, 1.165) is 31.6 Å². The van der Waals surface area contributed by atoms with Gasteiger partial charge in [-0.1, -0.05) is 19.9 Å². The molecule has 0 aliphatic rings. The Bertz CT molecular complexity index is 447. The minimum Gasteiger partial charge on any atom is -0.380 e. The summed E-state index contributed by atoms with van der Waals surface area (Å²) in [5, 5.41) is 14.3. The molecule has 112 valence electrons. The molecule has 0 heterocycles. The minimum atomic E-state index is -0.312. The van der Waals surface area contributed by atoms with Crippen molar-refractivity contribution in [2.75, 3.05) is 18.4 Å². The van der Waals surface area contributed by atoms with Crippen LogP contribution in [-0.2, 0) is 6.54 Å². The molecule has 1 N–H and O–H groups in total. The van der Waals surface area contributed by atoms with Gasteiger partial charge in [0.15, 0.2) is 0 Å². The van der Waals surface area contributed by atoms with Gasteiger partial charge in [-0.2, -0.15) is 0 Å². The molecule has 5 heteroatoms. The maximum Gasteiger partial charge on any atom is 0.292 e. The quantitative estimate of drug-likeness (QED) is 0.583. The van der Waals surface area contributed by atoms with Crippen LogP contribution in [-0.4, -0.2) is 29.0 Å². The molecule has 1 aromatic rings. The largest absolute Gasteiger partial charge is 0.380 e. The number of rotatable bonds is 8.